The highest BCUT2D eigenvalue weighted by atomic mass is 16.3. The van der Waals surface area contributed by atoms with Gasteiger partial charge in [-0.25, -0.2) is 0 Å². The van der Waals surface area contributed by atoms with Crippen molar-refractivity contribution in [3.63, 3.8) is 0 Å². The van der Waals surface area contributed by atoms with Crippen LogP contribution in [0.5, 0.6) is 0 Å². The summed E-state index contributed by atoms with van der Waals surface area (Å²) < 4.78 is 0. The molecular formula is C16H32O. The molecule has 1 nitrogen and oxygen atoms in total. The minimum atomic E-state index is -0.0692. The zero-order chi connectivity index (χ0) is 13.1. The van der Waals surface area contributed by atoms with Crippen molar-refractivity contribution in [2.45, 2.75) is 79.2 Å². The lowest BCUT2D eigenvalue weighted by molar-refractivity contribution is 0.0117. The molecule has 0 spiro atoms. The second kappa shape index (κ2) is 6.22. The summed E-state index contributed by atoms with van der Waals surface area (Å²) in [6.07, 6.45) is 6.96. The quantitative estimate of drug-likeness (QED) is 0.742. The van der Waals surface area contributed by atoms with Crippen LogP contribution in [0.4, 0.5) is 0 Å². The zero-order valence-electron chi connectivity index (χ0n) is 12.5. The molecule has 1 N–H and O–H groups in total. The van der Waals surface area contributed by atoms with Crippen LogP contribution in [-0.4, -0.2) is 11.2 Å². The van der Waals surface area contributed by atoms with Crippen LogP contribution in [0.2, 0.25) is 0 Å². The van der Waals surface area contributed by atoms with Crippen LogP contribution in [0.25, 0.3) is 0 Å². The van der Waals surface area contributed by atoms with E-state index in [1.807, 2.05) is 0 Å². The Bertz CT molecular complexity index is 222. The van der Waals surface area contributed by atoms with E-state index in [2.05, 4.69) is 34.6 Å². The van der Waals surface area contributed by atoms with Gasteiger partial charge in [0.25, 0.3) is 0 Å². The number of hydrogen-bond acceptors (Lipinski definition) is 1. The molecule has 0 aromatic heterocycles. The van der Waals surface area contributed by atoms with E-state index >= 15 is 0 Å². The monoisotopic (exact) mass is 240 g/mol. The fourth-order valence-corrected chi connectivity index (χ4v) is 3.69. The van der Waals surface area contributed by atoms with Gasteiger partial charge in [-0.1, -0.05) is 47.5 Å². The molecule has 0 amide bonds. The van der Waals surface area contributed by atoms with E-state index in [9.17, 15) is 5.11 Å². The lowest BCUT2D eigenvalue weighted by Crippen LogP contribution is -2.39. The van der Waals surface area contributed by atoms with Crippen molar-refractivity contribution in [2.75, 3.05) is 0 Å². The Morgan fingerprint density at radius 1 is 1.18 bits per heavy atom. The number of hydrogen-bond donors (Lipinski definition) is 1. The van der Waals surface area contributed by atoms with Crippen LogP contribution in [0.15, 0.2) is 0 Å². The largest absolute Gasteiger partial charge is 0.393 e. The second-order valence-corrected chi connectivity index (χ2v) is 6.90. The summed E-state index contributed by atoms with van der Waals surface area (Å²) in [5, 5.41) is 9.90. The molecule has 1 heteroatoms. The first-order valence-corrected chi connectivity index (χ1v) is 7.57. The van der Waals surface area contributed by atoms with Crippen LogP contribution in [0, 0.1) is 23.2 Å². The van der Waals surface area contributed by atoms with Crippen molar-refractivity contribution < 1.29 is 5.11 Å². The first-order valence-electron chi connectivity index (χ1n) is 7.57. The van der Waals surface area contributed by atoms with Gasteiger partial charge in [0.1, 0.15) is 0 Å². The van der Waals surface area contributed by atoms with E-state index < -0.39 is 0 Å². The van der Waals surface area contributed by atoms with Gasteiger partial charge >= 0.3 is 0 Å². The summed E-state index contributed by atoms with van der Waals surface area (Å²) in [7, 11) is 0. The van der Waals surface area contributed by atoms with E-state index in [-0.39, 0.29) is 6.10 Å². The molecule has 0 bridgehead atoms. The Morgan fingerprint density at radius 2 is 1.82 bits per heavy atom. The summed E-state index contributed by atoms with van der Waals surface area (Å²) in [6.45, 7) is 11.8. The third kappa shape index (κ3) is 3.71. The molecular weight excluding hydrogens is 208 g/mol. The topological polar surface area (TPSA) is 20.2 Å². The molecule has 1 saturated carbocycles. The van der Waals surface area contributed by atoms with Gasteiger partial charge in [-0.2, -0.15) is 0 Å². The average Bonchev–Trinajstić information content (AvgIpc) is 2.24. The van der Waals surface area contributed by atoms with Gasteiger partial charge in [0, 0.05) is 0 Å². The maximum atomic E-state index is 9.90. The normalized spacial score (nSPS) is 34.6. The van der Waals surface area contributed by atoms with Crippen LogP contribution >= 0.6 is 0 Å². The fourth-order valence-electron chi connectivity index (χ4n) is 3.69. The Labute approximate surface area is 108 Å². The average molecular weight is 240 g/mol. The highest BCUT2D eigenvalue weighted by molar-refractivity contribution is 4.90. The summed E-state index contributed by atoms with van der Waals surface area (Å²) in [5.74, 6) is 2.44. The van der Waals surface area contributed by atoms with E-state index in [4.69, 9.17) is 0 Å². The summed E-state index contributed by atoms with van der Waals surface area (Å²) >= 11 is 0. The molecule has 102 valence electrons. The molecule has 1 aliphatic rings. The SMILES string of the molecule is CCCC(O)CC[C@H]1[C@H](C)CC[C@@H](C)C1(C)C. The number of aliphatic hydroxyl groups is 1. The van der Waals surface area contributed by atoms with Crippen LogP contribution in [0.3, 0.4) is 0 Å². The molecule has 0 aromatic carbocycles. The van der Waals surface area contributed by atoms with Gasteiger partial charge in [0.2, 0.25) is 0 Å². The zero-order valence-corrected chi connectivity index (χ0v) is 12.5. The molecule has 17 heavy (non-hydrogen) atoms. The van der Waals surface area contributed by atoms with Crippen molar-refractivity contribution in [3.8, 4) is 0 Å². The Balaban J connectivity index is 2.53. The highest BCUT2D eigenvalue weighted by Crippen LogP contribution is 2.49. The van der Waals surface area contributed by atoms with Crippen molar-refractivity contribution in [1.29, 1.82) is 0 Å². The molecule has 1 rings (SSSR count). The third-order valence-electron chi connectivity index (χ3n) is 5.40. The van der Waals surface area contributed by atoms with Crippen molar-refractivity contribution in [1.82, 2.24) is 0 Å². The Morgan fingerprint density at radius 3 is 2.41 bits per heavy atom. The van der Waals surface area contributed by atoms with Crippen LogP contribution in [-0.2, 0) is 0 Å². The molecule has 1 fully saturated rings. The maximum absolute atomic E-state index is 9.90. The van der Waals surface area contributed by atoms with E-state index in [1.54, 1.807) is 0 Å². The highest BCUT2D eigenvalue weighted by Gasteiger charge is 2.41. The minimum Gasteiger partial charge on any atom is -0.393 e. The molecule has 1 aliphatic carbocycles. The predicted molar refractivity (Wildman–Crippen MR) is 75.0 cm³/mol. The van der Waals surface area contributed by atoms with Gasteiger partial charge in [-0.3, -0.25) is 0 Å². The molecule has 0 aliphatic heterocycles. The van der Waals surface area contributed by atoms with Crippen molar-refractivity contribution in [3.05, 3.63) is 0 Å². The lowest BCUT2D eigenvalue weighted by Gasteiger charge is -2.48. The second-order valence-electron chi connectivity index (χ2n) is 6.90. The van der Waals surface area contributed by atoms with Crippen molar-refractivity contribution in [2.24, 2.45) is 23.2 Å². The van der Waals surface area contributed by atoms with Crippen molar-refractivity contribution >= 4 is 0 Å². The fraction of sp³-hybridized carbons (Fsp3) is 1.00. The van der Waals surface area contributed by atoms with E-state index in [0.29, 0.717) is 5.41 Å². The minimum absolute atomic E-state index is 0.0692. The van der Waals surface area contributed by atoms with E-state index in [1.165, 1.54) is 19.3 Å². The molecule has 4 atom stereocenters. The van der Waals surface area contributed by atoms with Crippen LogP contribution in [0.1, 0.15) is 73.1 Å². The van der Waals surface area contributed by atoms with Gasteiger partial charge in [0.05, 0.1) is 6.10 Å². The first-order chi connectivity index (χ1) is 7.89. The summed E-state index contributed by atoms with van der Waals surface area (Å²) in [5.41, 5.74) is 0.448. The maximum Gasteiger partial charge on any atom is 0.0540 e. The lowest BCUT2D eigenvalue weighted by atomic mass is 9.58. The number of rotatable bonds is 5. The molecule has 1 unspecified atom stereocenters. The molecule has 0 heterocycles. The van der Waals surface area contributed by atoms with Crippen LogP contribution < -0.4 is 0 Å². The Hall–Kier alpha value is -0.0400. The summed E-state index contributed by atoms with van der Waals surface area (Å²) in [4.78, 5) is 0. The Kier molecular flexibility index (Phi) is 5.50. The standard InChI is InChI=1S/C16H32O/c1-6-7-14(17)10-11-15-12(2)8-9-13(3)16(15,4)5/h12-15,17H,6-11H2,1-5H3/t12-,13-,14?,15+/m1/s1. The first kappa shape index (κ1) is 15.0. The number of aliphatic hydroxyl groups excluding tert-OH is 1. The summed E-state index contributed by atoms with van der Waals surface area (Å²) in [6, 6.07) is 0. The predicted octanol–water partition coefficient (Wildman–Crippen LogP) is 4.64. The molecule has 0 saturated heterocycles. The van der Waals surface area contributed by atoms with Gasteiger partial charge < -0.3 is 5.11 Å². The molecule has 0 aromatic rings. The van der Waals surface area contributed by atoms with Gasteiger partial charge in [0.15, 0.2) is 0 Å². The smallest absolute Gasteiger partial charge is 0.0540 e. The third-order valence-corrected chi connectivity index (χ3v) is 5.40. The molecule has 0 radical (unpaired) electrons. The van der Waals surface area contributed by atoms with Gasteiger partial charge in [-0.05, 0) is 48.9 Å². The van der Waals surface area contributed by atoms with Gasteiger partial charge in [-0.15, -0.1) is 0 Å². The van der Waals surface area contributed by atoms with E-state index in [0.717, 1.165) is 37.0 Å².